The average Bonchev–Trinajstić information content (AvgIpc) is 2.95. The molecule has 0 N–H and O–H groups in total. The number of rotatable bonds is 7. The first-order valence-electron chi connectivity index (χ1n) is 12.3. The predicted molar refractivity (Wildman–Crippen MR) is 142 cm³/mol. The van der Waals surface area contributed by atoms with Crippen LogP contribution in [0.5, 0.6) is 0 Å². The predicted octanol–water partition coefficient (Wildman–Crippen LogP) is 8.79. The number of allylic oxidation sites excluding steroid dienone is 3. The van der Waals surface area contributed by atoms with Gasteiger partial charge in [0.2, 0.25) is 0 Å². The van der Waals surface area contributed by atoms with Gasteiger partial charge in [0.15, 0.2) is 16.6 Å². The van der Waals surface area contributed by atoms with Crippen molar-refractivity contribution in [3.8, 4) is 0 Å². The van der Waals surface area contributed by atoms with Crippen LogP contribution in [0.2, 0.25) is 36.3 Å². The molecule has 31 heavy (non-hydrogen) atoms. The second kappa shape index (κ2) is 9.08. The SMILES string of the molecule is C/C(CCO[Si](C)(C)C(C)(C)C)=C1\CC=C2C(CO[Si](C)(C)C(C)(C)C)=CCCC21C. The maximum atomic E-state index is 6.61. The van der Waals surface area contributed by atoms with Gasteiger partial charge < -0.3 is 8.85 Å². The van der Waals surface area contributed by atoms with Crippen LogP contribution in [0.4, 0.5) is 0 Å². The van der Waals surface area contributed by atoms with Crippen LogP contribution in [0.1, 0.15) is 81.1 Å². The summed E-state index contributed by atoms with van der Waals surface area (Å²) in [5.41, 5.74) is 6.34. The van der Waals surface area contributed by atoms with Crippen molar-refractivity contribution in [1.29, 1.82) is 0 Å². The Labute approximate surface area is 195 Å². The van der Waals surface area contributed by atoms with E-state index in [1.165, 1.54) is 17.6 Å². The summed E-state index contributed by atoms with van der Waals surface area (Å²) in [5.74, 6) is 0. The fourth-order valence-electron chi connectivity index (χ4n) is 4.32. The smallest absolute Gasteiger partial charge is 0.192 e. The van der Waals surface area contributed by atoms with E-state index in [1.807, 2.05) is 0 Å². The molecule has 4 heteroatoms. The molecule has 178 valence electrons. The zero-order valence-corrected chi connectivity index (χ0v) is 24.7. The Kier molecular flexibility index (Phi) is 7.85. The second-order valence-electron chi connectivity index (χ2n) is 13.1. The highest BCUT2D eigenvalue weighted by Crippen LogP contribution is 2.53. The van der Waals surface area contributed by atoms with Gasteiger partial charge in [0.05, 0.1) is 6.61 Å². The minimum absolute atomic E-state index is 0.182. The maximum Gasteiger partial charge on any atom is 0.192 e. The van der Waals surface area contributed by atoms with E-state index in [1.54, 1.807) is 11.1 Å². The molecule has 2 aliphatic rings. The molecule has 0 spiro atoms. The lowest BCUT2D eigenvalue weighted by molar-refractivity contribution is 0.289. The lowest BCUT2D eigenvalue weighted by Crippen LogP contribution is -2.41. The molecule has 2 aliphatic carbocycles. The summed E-state index contributed by atoms with van der Waals surface area (Å²) >= 11 is 0. The number of hydrogen-bond acceptors (Lipinski definition) is 2. The van der Waals surface area contributed by atoms with Gasteiger partial charge in [-0.25, -0.2) is 0 Å². The molecule has 0 aromatic heterocycles. The number of hydrogen-bond donors (Lipinski definition) is 0. The molecule has 0 saturated heterocycles. The Morgan fingerprint density at radius 3 is 2.03 bits per heavy atom. The number of fused-ring (bicyclic) bond motifs is 1. The Bertz CT molecular complexity index is 757. The molecule has 0 aromatic rings. The van der Waals surface area contributed by atoms with E-state index in [0.29, 0.717) is 0 Å². The zero-order chi connectivity index (χ0) is 23.9. The van der Waals surface area contributed by atoms with E-state index in [9.17, 15) is 0 Å². The molecule has 2 nitrogen and oxygen atoms in total. The zero-order valence-electron chi connectivity index (χ0n) is 22.7. The van der Waals surface area contributed by atoms with Gasteiger partial charge in [0.25, 0.3) is 0 Å². The normalized spacial score (nSPS) is 24.6. The molecule has 0 amide bonds. The van der Waals surface area contributed by atoms with Gasteiger partial charge in [0.1, 0.15) is 0 Å². The van der Waals surface area contributed by atoms with Crippen molar-refractivity contribution in [2.45, 2.75) is 117 Å². The lowest BCUT2D eigenvalue weighted by atomic mass is 9.69. The van der Waals surface area contributed by atoms with Crippen molar-refractivity contribution in [2.75, 3.05) is 13.2 Å². The van der Waals surface area contributed by atoms with Crippen molar-refractivity contribution in [3.05, 3.63) is 34.4 Å². The fraction of sp³-hybridized carbons (Fsp3) is 0.778. The summed E-state index contributed by atoms with van der Waals surface area (Å²) in [6.07, 6.45) is 9.46. The fourth-order valence-corrected chi connectivity index (χ4v) is 6.31. The van der Waals surface area contributed by atoms with Gasteiger partial charge in [-0.3, -0.25) is 0 Å². The van der Waals surface area contributed by atoms with Crippen molar-refractivity contribution in [3.63, 3.8) is 0 Å². The Hall–Kier alpha value is -0.426. The molecule has 1 atom stereocenters. The lowest BCUT2D eigenvalue weighted by Gasteiger charge is -2.39. The third-order valence-electron chi connectivity index (χ3n) is 8.81. The van der Waals surface area contributed by atoms with E-state index >= 15 is 0 Å². The van der Waals surface area contributed by atoms with Gasteiger partial charge in [-0.05, 0) is 80.0 Å². The van der Waals surface area contributed by atoms with Crippen LogP contribution in [0, 0.1) is 5.41 Å². The minimum Gasteiger partial charge on any atom is -0.417 e. The van der Waals surface area contributed by atoms with E-state index in [0.717, 1.165) is 32.5 Å². The maximum absolute atomic E-state index is 6.61. The standard InChI is InChI=1S/C27H50O2Si2/c1-21(17-19-28-30(9,10)25(2,3)4)23-15-16-24-22(14-13-18-27(23,24)8)20-29-31(11,12)26(5,6)7/h14,16H,13,15,17-20H2,1-12H3/b23-21-. The molecule has 0 aromatic carbocycles. The van der Waals surface area contributed by atoms with Crippen LogP contribution in [0.25, 0.3) is 0 Å². The Balaban J connectivity index is 2.09. The molecule has 0 saturated carbocycles. The molecule has 0 aliphatic heterocycles. The van der Waals surface area contributed by atoms with Crippen LogP contribution < -0.4 is 0 Å². The Morgan fingerprint density at radius 1 is 0.935 bits per heavy atom. The van der Waals surface area contributed by atoms with Gasteiger partial charge in [-0.2, -0.15) is 0 Å². The third-order valence-corrected chi connectivity index (χ3v) is 17.8. The van der Waals surface area contributed by atoms with E-state index in [2.05, 4.69) is 93.7 Å². The Morgan fingerprint density at radius 2 is 1.48 bits per heavy atom. The monoisotopic (exact) mass is 462 g/mol. The summed E-state index contributed by atoms with van der Waals surface area (Å²) in [6, 6.07) is 0. The molecule has 0 radical (unpaired) electrons. The quantitative estimate of drug-likeness (QED) is 0.278. The van der Waals surface area contributed by atoms with Crippen LogP contribution in [0.3, 0.4) is 0 Å². The molecule has 0 fully saturated rings. The highest BCUT2D eigenvalue weighted by Gasteiger charge is 2.42. The first-order valence-corrected chi connectivity index (χ1v) is 18.1. The molecular weight excluding hydrogens is 412 g/mol. The topological polar surface area (TPSA) is 18.5 Å². The van der Waals surface area contributed by atoms with Crippen molar-refractivity contribution >= 4 is 16.6 Å². The summed E-state index contributed by atoms with van der Waals surface area (Å²) in [4.78, 5) is 0. The first-order chi connectivity index (χ1) is 13.9. The van der Waals surface area contributed by atoms with Gasteiger partial charge in [-0.1, -0.05) is 71.8 Å². The summed E-state index contributed by atoms with van der Waals surface area (Å²) in [7, 11) is -3.42. The van der Waals surface area contributed by atoms with Gasteiger partial charge >= 0.3 is 0 Å². The summed E-state index contributed by atoms with van der Waals surface area (Å²) in [6.45, 7) is 29.8. The van der Waals surface area contributed by atoms with Crippen LogP contribution in [0.15, 0.2) is 34.4 Å². The first kappa shape index (κ1) is 26.8. The highest BCUT2D eigenvalue weighted by atomic mass is 28.4. The van der Waals surface area contributed by atoms with E-state index < -0.39 is 16.6 Å². The molecule has 2 rings (SSSR count). The van der Waals surface area contributed by atoms with E-state index in [4.69, 9.17) is 8.85 Å². The summed E-state index contributed by atoms with van der Waals surface area (Å²) in [5, 5.41) is 0.525. The van der Waals surface area contributed by atoms with Crippen LogP contribution >= 0.6 is 0 Å². The minimum atomic E-state index is -1.74. The second-order valence-corrected chi connectivity index (χ2v) is 22.7. The van der Waals surface area contributed by atoms with Gasteiger partial charge in [0, 0.05) is 12.0 Å². The van der Waals surface area contributed by atoms with Crippen molar-refractivity contribution in [1.82, 2.24) is 0 Å². The molecule has 1 unspecified atom stereocenters. The molecule has 0 bridgehead atoms. The van der Waals surface area contributed by atoms with E-state index in [-0.39, 0.29) is 15.5 Å². The third kappa shape index (κ3) is 5.74. The van der Waals surface area contributed by atoms with Crippen LogP contribution in [-0.4, -0.2) is 29.8 Å². The molecule has 0 heterocycles. The summed E-state index contributed by atoms with van der Waals surface area (Å²) < 4.78 is 13.1. The van der Waals surface area contributed by atoms with Gasteiger partial charge in [-0.15, -0.1) is 0 Å². The molecular formula is C27H50O2Si2. The van der Waals surface area contributed by atoms with Crippen molar-refractivity contribution < 1.29 is 8.85 Å². The largest absolute Gasteiger partial charge is 0.417 e. The van der Waals surface area contributed by atoms with Crippen molar-refractivity contribution in [2.24, 2.45) is 5.41 Å². The van der Waals surface area contributed by atoms with Crippen LogP contribution in [-0.2, 0) is 8.85 Å². The average molecular weight is 463 g/mol. The highest BCUT2D eigenvalue weighted by molar-refractivity contribution is 6.74.